The third-order valence-corrected chi connectivity index (χ3v) is 5.15. The zero-order chi connectivity index (χ0) is 15.9. The van der Waals surface area contributed by atoms with E-state index in [0.717, 1.165) is 4.88 Å². The highest BCUT2D eigenvalue weighted by atomic mass is 32.1. The Bertz CT molecular complexity index is 555. The van der Waals surface area contributed by atoms with Crippen LogP contribution in [0.5, 0.6) is 0 Å². The summed E-state index contributed by atoms with van der Waals surface area (Å²) in [7, 11) is 0. The van der Waals surface area contributed by atoms with E-state index in [1.165, 1.54) is 10.4 Å². The average molecular weight is 308 g/mol. The first-order chi connectivity index (χ1) is 9.63. The van der Waals surface area contributed by atoms with Crippen LogP contribution in [0.4, 0.5) is 0 Å². The van der Waals surface area contributed by atoms with Crippen molar-refractivity contribution < 1.29 is 9.59 Å². The highest BCUT2D eigenvalue weighted by Gasteiger charge is 2.46. The fraction of sp³-hybridized carbons (Fsp3) is 0.625. The smallest absolute Gasteiger partial charge is 0.248 e. The third-order valence-electron chi connectivity index (χ3n) is 4.01. The van der Waals surface area contributed by atoms with Gasteiger partial charge >= 0.3 is 0 Å². The Balaban J connectivity index is 2.34. The van der Waals surface area contributed by atoms with E-state index < -0.39 is 11.6 Å². The maximum absolute atomic E-state index is 12.7. The van der Waals surface area contributed by atoms with Crippen LogP contribution in [-0.2, 0) is 16.1 Å². The topological polar surface area (TPSA) is 49.4 Å². The van der Waals surface area contributed by atoms with Crippen LogP contribution in [0.15, 0.2) is 6.07 Å². The number of carbonyl (C=O) groups excluding carboxylic acids is 2. The number of hydrogen-bond acceptors (Lipinski definition) is 3. The van der Waals surface area contributed by atoms with Crippen LogP contribution in [0, 0.1) is 19.8 Å². The molecule has 2 amide bonds. The average Bonchev–Trinajstić information content (AvgIpc) is 2.64. The lowest BCUT2D eigenvalue weighted by molar-refractivity contribution is -0.156. The normalized spacial score (nSPS) is 21.9. The summed E-state index contributed by atoms with van der Waals surface area (Å²) in [5.41, 5.74) is 0.411. The molecule has 1 aliphatic heterocycles. The van der Waals surface area contributed by atoms with Crippen molar-refractivity contribution in [2.24, 2.45) is 5.92 Å². The van der Waals surface area contributed by atoms with Crippen LogP contribution in [0.1, 0.15) is 43.0 Å². The zero-order valence-electron chi connectivity index (χ0n) is 13.6. The van der Waals surface area contributed by atoms with Gasteiger partial charge in [0.25, 0.3) is 0 Å². The number of hydrogen-bond donors (Lipinski definition) is 1. The highest BCUT2D eigenvalue weighted by Crippen LogP contribution is 2.28. The molecule has 1 fully saturated rings. The molecule has 1 aromatic rings. The number of carbonyl (C=O) groups is 2. The Kier molecular flexibility index (Phi) is 4.15. The third kappa shape index (κ3) is 2.98. The summed E-state index contributed by atoms with van der Waals surface area (Å²) in [6.45, 7) is 12.2. The summed E-state index contributed by atoms with van der Waals surface area (Å²) in [5.74, 6) is 0.0244. The van der Waals surface area contributed by atoms with Crippen LogP contribution in [0.25, 0.3) is 0 Å². The molecule has 5 heteroatoms. The molecule has 0 bridgehead atoms. The lowest BCUT2D eigenvalue weighted by atomic mass is 9.91. The number of amides is 2. The van der Waals surface area contributed by atoms with Gasteiger partial charge in [-0.1, -0.05) is 13.8 Å². The van der Waals surface area contributed by atoms with E-state index >= 15 is 0 Å². The molecule has 1 aromatic heterocycles. The van der Waals surface area contributed by atoms with Gasteiger partial charge in [-0.05, 0) is 45.2 Å². The second kappa shape index (κ2) is 5.44. The molecule has 1 atom stereocenters. The largest absolute Gasteiger partial charge is 0.340 e. The molecule has 0 saturated carbocycles. The summed E-state index contributed by atoms with van der Waals surface area (Å²) < 4.78 is 0. The standard InChI is InChI=1S/C16H24N2O2S/c1-9(2)13-14(19)17-16(5,6)15(20)18(13)8-12-7-10(3)11(4)21-12/h7,9,13H,8H2,1-6H3,(H,17,19). The van der Waals surface area contributed by atoms with Crippen LogP contribution >= 0.6 is 11.3 Å². The van der Waals surface area contributed by atoms with Crippen molar-refractivity contribution in [2.75, 3.05) is 0 Å². The van der Waals surface area contributed by atoms with Crippen LogP contribution in [0.3, 0.4) is 0 Å². The Morgan fingerprint density at radius 2 is 1.95 bits per heavy atom. The summed E-state index contributed by atoms with van der Waals surface area (Å²) in [6.07, 6.45) is 0. The lowest BCUT2D eigenvalue weighted by Crippen LogP contribution is -2.68. The summed E-state index contributed by atoms with van der Waals surface area (Å²) >= 11 is 1.70. The molecule has 1 saturated heterocycles. The SMILES string of the molecule is Cc1cc(CN2C(=O)C(C)(C)NC(=O)C2C(C)C)sc1C. The van der Waals surface area contributed by atoms with Gasteiger partial charge in [-0.3, -0.25) is 9.59 Å². The van der Waals surface area contributed by atoms with Gasteiger partial charge < -0.3 is 10.2 Å². The molecule has 4 nitrogen and oxygen atoms in total. The fourth-order valence-corrected chi connectivity index (χ4v) is 3.84. The fourth-order valence-electron chi connectivity index (χ4n) is 2.79. The number of aryl methyl sites for hydroxylation is 2. The van der Waals surface area contributed by atoms with Crippen molar-refractivity contribution in [1.29, 1.82) is 0 Å². The minimum atomic E-state index is -0.830. The minimum Gasteiger partial charge on any atom is -0.340 e. The van der Waals surface area contributed by atoms with E-state index in [-0.39, 0.29) is 17.7 Å². The first kappa shape index (κ1) is 16.0. The molecule has 0 aromatic carbocycles. The van der Waals surface area contributed by atoms with Gasteiger partial charge in [0.1, 0.15) is 11.6 Å². The minimum absolute atomic E-state index is 0.00972. The molecule has 1 N–H and O–H groups in total. The van der Waals surface area contributed by atoms with Gasteiger partial charge in [0, 0.05) is 9.75 Å². The number of thiophene rings is 1. The second-order valence-electron chi connectivity index (χ2n) is 6.69. The quantitative estimate of drug-likeness (QED) is 0.933. The number of piperazine rings is 1. The number of rotatable bonds is 3. The monoisotopic (exact) mass is 308 g/mol. The Labute approximate surface area is 130 Å². The zero-order valence-corrected chi connectivity index (χ0v) is 14.4. The molecule has 2 rings (SSSR count). The second-order valence-corrected chi connectivity index (χ2v) is 8.03. The predicted octanol–water partition coefficient (Wildman–Crippen LogP) is 2.63. The summed E-state index contributed by atoms with van der Waals surface area (Å²) in [6, 6.07) is 1.72. The summed E-state index contributed by atoms with van der Waals surface area (Å²) in [5, 5.41) is 2.84. The number of nitrogens with one attached hydrogen (secondary N) is 1. The molecule has 0 radical (unpaired) electrons. The molecule has 0 spiro atoms. The molecular weight excluding hydrogens is 284 g/mol. The first-order valence-electron chi connectivity index (χ1n) is 7.32. The summed E-state index contributed by atoms with van der Waals surface area (Å²) in [4.78, 5) is 29.2. The van der Waals surface area contributed by atoms with Crippen LogP contribution in [-0.4, -0.2) is 28.3 Å². The molecule has 116 valence electrons. The molecule has 2 heterocycles. The number of nitrogens with zero attached hydrogens (tertiary/aromatic N) is 1. The van der Waals surface area contributed by atoms with Gasteiger partial charge in [0.05, 0.1) is 6.54 Å². The van der Waals surface area contributed by atoms with E-state index in [2.05, 4.69) is 25.2 Å². The van der Waals surface area contributed by atoms with Crippen molar-refractivity contribution >= 4 is 23.2 Å². The van der Waals surface area contributed by atoms with E-state index in [0.29, 0.717) is 6.54 Å². The van der Waals surface area contributed by atoms with Crippen molar-refractivity contribution in [2.45, 2.75) is 59.7 Å². The molecular formula is C16H24N2O2S. The van der Waals surface area contributed by atoms with Crippen molar-refractivity contribution in [3.05, 3.63) is 21.4 Å². The predicted molar refractivity (Wildman–Crippen MR) is 85.2 cm³/mol. The van der Waals surface area contributed by atoms with Crippen molar-refractivity contribution in [3.63, 3.8) is 0 Å². The maximum atomic E-state index is 12.7. The Morgan fingerprint density at radius 1 is 1.33 bits per heavy atom. The van der Waals surface area contributed by atoms with E-state index in [9.17, 15) is 9.59 Å². The van der Waals surface area contributed by atoms with Gasteiger partial charge in [-0.15, -0.1) is 11.3 Å². The van der Waals surface area contributed by atoms with Crippen molar-refractivity contribution in [1.82, 2.24) is 10.2 Å². The molecule has 1 unspecified atom stereocenters. The van der Waals surface area contributed by atoms with E-state index in [1.807, 2.05) is 13.8 Å². The Hall–Kier alpha value is -1.36. The molecule has 21 heavy (non-hydrogen) atoms. The Morgan fingerprint density at radius 3 is 2.43 bits per heavy atom. The first-order valence-corrected chi connectivity index (χ1v) is 8.14. The van der Waals surface area contributed by atoms with Crippen molar-refractivity contribution in [3.8, 4) is 0 Å². The van der Waals surface area contributed by atoms with Gasteiger partial charge in [0.15, 0.2) is 0 Å². The van der Waals surface area contributed by atoms with Gasteiger partial charge in [0.2, 0.25) is 11.8 Å². The lowest BCUT2D eigenvalue weighted by Gasteiger charge is -2.44. The molecule has 1 aliphatic rings. The van der Waals surface area contributed by atoms with Gasteiger partial charge in [-0.25, -0.2) is 0 Å². The van der Waals surface area contributed by atoms with Crippen LogP contribution in [0.2, 0.25) is 0 Å². The van der Waals surface area contributed by atoms with Gasteiger partial charge in [-0.2, -0.15) is 0 Å². The van der Waals surface area contributed by atoms with Crippen LogP contribution < -0.4 is 5.32 Å². The maximum Gasteiger partial charge on any atom is 0.248 e. The van der Waals surface area contributed by atoms with E-state index in [1.54, 1.807) is 30.1 Å². The van der Waals surface area contributed by atoms with E-state index in [4.69, 9.17) is 0 Å². The highest BCUT2D eigenvalue weighted by molar-refractivity contribution is 7.12. The molecule has 0 aliphatic carbocycles.